The Morgan fingerprint density at radius 1 is 1.59 bits per heavy atom. The van der Waals surface area contributed by atoms with E-state index in [1.807, 2.05) is 14.1 Å². The molecule has 0 fully saturated rings. The fourth-order valence-corrected chi connectivity index (χ4v) is 2.60. The van der Waals surface area contributed by atoms with Gasteiger partial charge in [0.25, 0.3) is 0 Å². The van der Waals surface area contributed by atoms with Crippen LogP contribution in [0.25, 0.3) is 0 Å². The molecule has 0 aromatic carbocycles. The molecule has 98 valence electrons. The van der Waals surface area contributed by atoms with Gasteiger partial charge in [0.15, 0.2) is 0 Å². The molecule has 0 saturated carbocycles. The second-order valence-corrected chi connectivity index (χ2v) is 6.01. The van der Waals surface area contributed by atoms with Gasteiger partial charge in [0.1, 0.15) is 0 Å². The molecule has 0 bridgehead atoms. The van der Waals surface area contributed by atoms with Crippen molar-refractivity contribution < 1.29 is 4.79 Å². The highest BCUT2D eigenvalue weighted by atomic mass is 79.9. The predicted octanol–water partition coefficient (Wildman–Crippen LogP) is 2.89. The number of nitrogens with one attached hydrogen (secondary N) is 1. The Morgan fingerprint density at radius 3 is 2.82 bits per heavy atom. The molecule has 0 aliphatic rings. The van der Waals surface area contributed by atoms with Crippen molar-refractivity contribution >= 4 is 45.6 Å². The van der Waals surface area contributed by atoms with Gasteiger partial charge >= 0.3 is 0 Å². The highest BCUT2D eigenvalue weighted by Crippen LogP contribution is 2.21. The second-order valence-electron chi connectivity index (χ2n) is 3.72. The molecule has 1 aromatic rings. The number of rotatable bonds is 6. The van der Waals surface area contributed by atoms with Crippen LogP contribution in [0.2, 0.25) is 0 Å². The molecule has 1 aromatic heterocycles. The van der Waals surface area contributed by atoms with Crippen LogP contribution in [-0.4, -0.2) is 31.4 Å². The zero-order valence-electron chi connectivity index (χ0n) is 10.0. The first-order chi connectivity index (χ1) is 7.63. The standard InChI is InChI=1S/C11H17BrN2OS.ClH/c1-13-5-3-4-11(15)14(2)7-9-6-10(12)16-8-9;/h6,8,13H,3-5,7H2,1-2H3;1H. The minimum absolute atomic E-state index is 0. The zero-order chi connectivity index (χ0) is 12.0. The summed E-state index contributed by atoms with van der Waals surface area (Å²) in [4.78, 5) is 13.5. The summed E-state index contributed by atoms with van der Waals surface area (Å²) >= 11 is 5.07. The predicted molar refractivity (Wildman–Crippen MR) is 78.9 cm³/mol. The SMILES string of the molecule is CNCCCC(=O)N(C)Cc1csc(Br)c1.Cl. The topological polar surface area (TPSA) is 32.3 Å². The van der Waals surface area contributed by atoms with Gasteiger partial charge in [-0.1, -0.05) is 0 Å². The van der Waals surface area contributed by atoms with E-state index < -0.39 is 0 Å². The third kappa shape index (κ3) is 6.41. The number of hydrogen-bond acceptors (Lipinski definition) is 3. The maximum Gasteiger partial charge on any atom is 0.222 e. The van der Waals surface area contributed by atoms with Gasteiger partial charge in [0.2, 0.25) is 5.91 Å². The Kier molecular flexibility index (Phi) is 8.86. The Hall–Kier alpha value is -0.100. The first kappa shape index (κ1) is 16.9. The summed E-state index contributed by atoms with van der Waals surface area (Å²) in [6.45, 7) is 1.59. The van der Waals surface area contributed by atoms with E-state index in [0.29, 0.717) is 13.0 Å². The summed E-state index contributed by atoms with van der Waals surface area (Å²) < 4.78 is 1.11. The van der Waals surface area contributed by atoms with Gasteiger partial charge in [-0.25, -0.2) is 0 Å². The zero-order valence-corrected chi connectivity index (χ0v) is 13.3. The van der Waals surface area contributed by atoms with Gasteiger partial charge in [0, 0.05) is 20.0 Å². The van der Waals surface area contributed by atoms with Crippen LogP contribution in [0.1, 0.15) is 18.4 Å². The van der Waals surface area contributed by atoms with Crippen LogP contribution in [0.3, 0.4) is 0 Å². The highest BCUT2D eigenvalue weighted by Gasteiger charge is 2.09. The average molecular weight is 342 g/mol. The van der Waals surface area contributed by atoms with Crippen LogP contribution in [-0.2, 0) is 11.3 Å². The number of nitrogens with zero attached hydrogens (tertiary/aromatic N) is 1. The molecule has 1 amide bonds. The number of amides is 1. The molecule has 3 nitrogen and oxygen atoms in total. The van der Waals surface area contributed by atoms with E-state index >= 15 is 0 Å². The summed E-state index contributed by atoms with van der Waals surface area (Å²) in [6, 6.07) is 2.06. The van der Waals surface area contributed by atoms with Crippen LogP contribution in [0.15, 0.2) is 15.2 Å². The largest absolute Gasteiger partial charge is 0.341 e. The van der Waals surface area contributed by atoms with Crippen molar-refractivity contribution in [3.05, 3.63) is 20.8 Å². The molecule has 0 radical (unpaired) electrons. The first-order valence-electron chi connectivity index (χ1n) is 5.25. The van der Waals surface area contributed by atoms with E-state index in [2.05, 4.69) is 32.7 Å². The number of carbonyl (C=O) groups excluding carboxylic acids is 1. The van der Waals surface area contributed by atoms with Crippen molar-refractivity contribution in [3.8, 4) is 0 Å². The summed E-state index contributed by atoms with van der Waals surface area (Å²) in [5, 5.41) is 5.11. The fraction of sp³-hybridized carbons (Fsp3) is 0.545. The van der Waals surface area contributed by atoms with Crippen molar-refractivity contribution in [3.63, 3.8) is 0 Å². The summed E-state index contributed by atoms with van der Waals surface area (Å²) in [5.41, 5.74) is 1.18. The van der Waals surface area contributed by atoms with Crippen LogP contribution < -0.4 is 5.32 Å². The van der Waals surface area contributed by atoms with E-state index in [0.717, 1.165) is 16.8 Å². The van der Waals surface area contributed by atoms with Crippen molar-refractivity contribution in [1.29, 1.82) is 0 Å². The van der Waals surface area contributed by atoms with Gasteiger partial charge in [-0.15, -0.1) is 23.7 Å². The lowest BCUT2D eigenvalue weighted by molar-refractivity contribution is -0.130. The summed E-state index contributed by atoms with van der Waals surface area (Å²) in [5.74, 6) is 0.206. The van der Waals surface area contributed by atoms with Gasteiger partial charge in [-0.2, -0.15) is 0 Å². The van der Waals surface area contributed by atoms with Crippen LogP contribution in [0.4, 0.5) is 0 Å². The molecular formula is C11H18BrClN2OS. The third-order valence-electron chi connectivity index (χ3n) is 2.28. The van der Waals surface area contributed by atoms with Crippen molar-refractivity contribution in [2.24, 2.45) is 0 Å². The maximum atomic E-state index is 11.7. The molecule has 6 heteroatoms. The molecule has 0 aliphatic carbocycles. The van der Waals surface area contributed by atoms with Crippen molar-refractivity contribution in [2.75, 3.05) is 20.6 Å². The van der Waals surface area contributed by atoms with Gasteiger partial charge < -0.3 is 10.2 Å². The van der Waals surface area contributed by atoms with Crippen LogP contribution in [0.5, 0.6) is 0 Å². The summed E-state index contributed by atoms with van der Waals surface area (Å²) in [6.07, 6.45) is 1.51. The van der Waals surface area contributed by atoms with E-state index in [1.165, 1.54) is 5.56 Å². The molecule has 1 N–H and O–H groups in total. The number of carbonyl (C=O) groups is 1. The highest BCUT2D eigenvalue weighted by molar-refractivity contribution is 9.11. The number of hydrogen-bond donors (Lipinski definition) is 1. The first-order valence-corrected chi connectivity index (χ1v) is 6.92. The maximum absolute atomic E-state index is 11.7. The lowest BCUT2D eigenvalue weighted by atomic mass is 10.2. The minimum Gasteiger partial charge on any atom is -0.341 e. The Bertz CT molecular complexity index is 346. The minimum atomic E-state index is 0. The molecule has 17 heavy (non-hydrogen) atoms. The molecule has 1 heterocycles. The molecule has 0 saturated heterocycles. The quantitative estimate of drug-likeness (QED) is 0.807. The third-order valence-corrected chi connectivity index (χ3v) is 3.84. The lowest BCUT2D eigenvalue weighted by Gasteiger charge is -2.16. The molecule has 0 unspecified atom stereocenters. The monoisotopic (exact) mass is 340 g/mol. The average Bonchev–Trinajstić information content (AvgIpc) is 2.64. The van der Waals surface area contributed by atoms with Gasteiger partial charge in [-0.3, -0.25) is 4.79 Å². The molecule has 0 atom stereocenters. The van der Waals surface area contributed by atoms with Gasteiger partial charge in [-0.05, 0) is 53.0 Å². The van der Waals surface area contributed by atoms with Gasteiger partial charge in [0.05, 0.1) is 3.79 Å². The lowest BCUT2D eigenvalue weighted by Crippen LogP contribution is -2.26. The Balaban J connectivity index is 0.00000256. The smallest absolute Gasteiger partial charge is 0.222 e. The summed E-state index contributed by atoms with van der Waals surface area (Å²) in [7, 11) is 3.75. The second kappa shape index (κ2) is 8.91. The fourth-order valence-electron chi connectivity index (χ4n) is 1.40. The molecule has 1 rings (SSSR count). The molecule has 0 aliphatic heterocycles. The molecule has 0 spiro atoms. The number of thiophene rings is 1. The molecular weight excluding hydrogens is 324 g/mol. The normalized spacial score (nSPS) is 9.82. The van der Waals surface area contributed by atoms with E-state index in [9.17, 15) is 4.79 Å². The Labute approximate surface area is 121 Å². The van der Waals surface area contributed by atoms with E-state index in [4.69, 9.17) is 0 Å². The van der Waals surface area contributed by atoms with Crippen molar-refractivity contribution in [2.45, 2.75) is 19.4 Å². The number of halogens is 2. The Morgan fingerprint density at radius 2 is 2.29 bits per heavy atom. The van der Waals surface area contributed by atoms with Crippen LogP contribution >= 0.6 is 39.7 Å². The van der Waals surface area contributed by atoms with Crippen LogP contribution in [0, 0.1) is 0 Å². The van der Waals surface area contributed by atoms with E-state index in [-0.39, 0.29) is 18.3 Å². The van der Waals surface area contributed by atoms with Crippen molar-refractivity contribution in [1.82, 2.24) is 10.2 Å². The van der Waals surface area contributed by atoms with E-state index in [1.54, 1.807) is 16.2 Å².